The predicted octanol–water partition coefficient (Wildman–Crippen LogP) is 1.80. The number of para-hydroxylation sites is 2. The minimum atomic E-state index is 0.792. The van der Waals surface area contributed by atoms with Crippen molar-refractivity contribution in [3.63, 3.8) is 0 Å². The molecular weight excluding hydrogens is 314 g/mol. The van der Waals surface area contributed by atoms with Gasteiger partial charge in [-0.3, -0.25) is 9.67 Å². The summed E-state index contributed by atoms with van der Waals surface area (Å²) in [5, 5.41) is 10.9. The van der Waals surface area contributed by atoms with E-state index in [0.717, 1.165) is 49.9 Å². The quantitative estimate of drug-likeness (QED) is 0.391. The minimum Gasteiger partial charge on any atom is -0.356 e. The van der Waals surface area contributed by atoms with Crippen molar-refractivity contribution in [2.75, 3.05) is 20.1 Å². The average molecular weight is 339 g/mol. The molecule has 0 aliphatic rings. The van der Waals surface area contributed by atoms with Crippen molar-refractivity contribution in [3.05, 3.63) is 48.5 Å². The normalized spacial score (nSPS) is 11.8. The highest BCUT2D eigenvalue weighted by Gasteiger charge is 2.06. The summed E-state index contributed by atoms with van der Waals surface area (Å²) in [6, 6.07) is 10.2. The minimum absolute atomic E-state index is 0.792. The van der Waals surface area contributed by atoms with Crippen molar-refractivity contribution < 1.29 is 0 Å². The molecule has 2 N–H and O–H groups in total. The van der Waals surface area contributed by atoms with Crippen LogP contribution in [0.15, 0.2) is 47.7 Å². The summed E-state index contributed by atoms with van der Waals surface area (Å²) in [5.74, 6) is 1.85. The molecule has 0 saturated heterocycles. The van der Waals surface area contributed by atoms with E-state index in [9.17, 15) is 0 Å². The molecular formula is C18H25N7. The van der Waals surface area contributed by atoms with Crippen molar-refractivity contribution in [3.8, 4) is 0 Å². The van der Waals surface area contributed by atoms with Crippen LogP contribution in [0.2, 0.25) is 0 Å². The number of imidazole rings is 1. The van der Waals surface area contributed by atoms with Crippen LogP contribution in [0.1, 0.15) is 12.2 Å². The number of hydrogen-bond donors (Lipinski definition) is 2. The first-order valence-electron chi connectivity index (χ1n) is 8.62. The van der Waals surface area contributed by atoms with E-state index in [1.807, 2.05) is 42.1 Å². The first kappa shape index (κ1) is 17.0. The summed E-state index contributed by atoms with van der Waals surface area (Å²) in [7, 11) is 1.79. The lowest BCUT2D eigenvalue weighted by Gasteiger charge is -2.13. The summed E-state index contributed by atoms with van der Waals surface area (Å²) < 4.78 is 4.16. The lowest BCUT2D eigenvalue weighted by atomic mass is 10.3. The van der Waals surface area contributed by atoms with Gasteiger partial charge in [0.25, 0.3) is 0 Å². The van der Waals surface area contributed by atoms with Crippen molar-refractivity contribution >= 4 is 17.0 Å². The number of benzene rings is 1. The Balaban J connectivity index is 1.44. The molecule has 0 fully saturated rings. The molecule has 0 spiro atoms. The number of rotatable bonds is 7. The van der Waals surface area contributed by atoms with E-state index in [2.05, 4.69) is 36.3 Å². The van der Waals surface area contributed by atoms with Crippen molar-refractivity contribution in [2.24, 2.45) is 4.99 Å². The van der Waals surface area contributed by atoms with Crippen molar-refractivity contribution in [2.45, 2.75) is 26.4 Å². The molecule has 0 radical (unpaired) electrons. The molecule has 25 heavy (non-hydrogen) atoms. The number of aromatic nitrogens is 4. The summed E-state index contributed by atoms with van der Waals surface area (Å²) in [6.07, 6.45) is 4.77. The number of nitrogens with zero attached hydrogens (tertiary/aromatic N) is 5. The van der Waals surface area contributed by atoms with Crippen molar-refractivity contribution in [1.29, 1.82) is 0 Å². The fourth-order valence-corrected chi connectivity index (χ4v) is 2.87. The third-order valence-corrected chi connectivity index (χ3v) is 4.11. The maximum Gasteiger partial charge on any atom is 0.191 e. The molecule has 2 aromatic heterocycles. The Morgan fingerprint density at radius 3 is 2.76 bits per heavy atom. The van der Waals surface area contributed by atoms with Gasteiger partial charge in [-0.2, -0.15) is 5.10 Å². The Labute approximate surface area is 147 Å². The summed E-state index contributed by atoms with van der Waals surface area (Å²) in [5.41, 5.74) is 2.21. The second kappa shape index (κ2) is 8.32. The van der Waals surface area contributed by atoms with E-state index in [1.54, 1.807) is 13.2 Å². The van der Waals surface area contributed by atoms with E-state index < -0.39 is 0 Å². The summed E-state index contributed by atoms with van der Waals surface area (Å²) in [6.45, 7) is 5.44. The van der Waals surface area contributed by atoms with Crippen LogP contribution < -0.4 is 10.6 Å². The third kappa shape index (κ3) is 4.37. The zero-order chi connectivity index (χ0) is 17.5. The monoisotopic (exact) mass is 339 g/mol. The van der Waals surface area contributed by atoms with Crippen molar-refractivity contribution in [1.82, 2.24) is 30.0 Å². The van der Waals surface area contributed by atoms with Gasteiger partial charge < -0.3 is 15.2 Å². The molecule has 0 aliphatic carbocycles. The van der Waals surface area contributed by atoms with E-state index in [-0.39, 0.29) is 0 Å². The molecule has 0 aliphatic heterocycles. The van der Waals surface area contributed by atoms with E-state index in [4.69, 9.17) is 0 Å². The van der Waals surface area contributed by atoms with E-state index >= 15 is 0 Å². The smallest absolute Gasteiger partial charge is 0.191 e. The molecule has 3 rings (SSSR count). The average Bonchev–Trinajstić information content (AvgIpc) is 3.25. The maximum atomic E-state index is 4.60. The number of aliphatic imine (C=N–C) groups is 1. The van der Waals surface area contributed by atoms with Gasteiger partial charge in [-0.05, 0) is 31.5 Å². The highest BCUT2D eigenvalue weighted by Crippen LogP contribution is 2.14. The van der Waals surface area contributed by atoms with Gasteiger partial charge in [0, 0.05) is 45.6 Å². The first-order valence-corrected chi connectivity index (χ1v) is 8.62. The fourth-order valence-electron chi connectivity index (χ4n) is 2.87. The number of hydrogen-bond acceptors (Lipinski definition) is 3. The van der Waals surface area contributed by atoms with Gasteiger partial charge >= 0.3 is 0 Å². The van der Waals surface area contributed by atoms with Crippen LogP contribution in [0.3, 0.4) is 0 Å². The molecule has 3 aromatic rings. The van der Waals surface area contributed by atoms with Gasteiger partial charge in [-0.1, -0.05) is 12.1 Å². The molecule has 2 heterocycles. The number of aryl methyl sites for hydroxylation is 2. The van der Waals surface area contributed by atoms with Crippen LogP contribution in [-0.4, -0.2) is 45.4 Å². The van der Waals surface area contributed by atoms with Gasteiger partial charge in [-0.15, -0.1) is 0 Å². The van der Waals surface area contributed by atoms with Crippen LogP contribution >= 0.6 is 0 Å². The van der Waals surface area contributed by atoms with Crippen LogP contribution in [0.5, 0.6) is 0 Å². The molecule has 1 aromatic carbocycles. The standard InChI is InChI=1S/C18H25N7/c1-15-23-16-7-3-4-8-17(16)25(15)14-11-21-18(19-2)20-9-5-12-24-13-6-10-22-24/h3-4,6-8,10,13H,5,9,11-12,14H2,1-2H3,(H2,19,20,21). The number of fused-ring (bicyclic) bond motifs is 1. The highest BCUT2D eigenvalue weighted by atomic mass is 15.3. The lowest BCUT2D eigenvalue weighted by molar-refractivity contribution is 0.569. The zero-order valence-corrected chi connectivity index (χ0v) is 14.8. The van der Waals surface area contributed by atoms with Gasteiger partial charge in [0.2, 0.25) is 0 Å². The molecule has 0 atom stereocenters. The number of guanidine groups is 1. The van der Waals surface area contributed by atoms with Gasteiger partial charge in [0.15, 0.2) is 5.96 Å². The Kier molecular flexibility index (Phi) is 5.66. The fraction of sp³-hybridized carbons (Fsp3) is 0.389. The second-order valence-corrected chi connectivity index (χ2v) is 5.85. The van der Waals surface area contributed by atoms with E-state index in [1.165, 1.54) is 5.52 Å². The third-order valence-electron chi connectivity index (χ3n) is 4.11. The Morgan fingerprint density at radius 1 is 1.12 bits per heavy atom. The van der Waals surface area contributed by atoms with E-state index in [0.29, 0.717) is 0 Å². The maximum absolute atomic E-state index is 4.60. The lowest BCUT2D eigenvalue weighted by Crippen LogP contribution is -2.39. The van der Waals surface area contributed by atoms with Crippen LogP contribution in [-0.2, 0) is 13.1 Å². The number of nitrogens with one attached hydrogen (secondary N) is 2. The summed E-state index contributed by atoms with van der Waals surface area (Å²) >= 11 is 0. The van der Waals surface area contributed by atoms with Gasteiger partial charge in [0.05, 0.1) is 11.0 Å². The molecule has 7 nitrogen and oxygen atoms in total. The molecule has 0 unspecified atom stereocenters. The SMILES string of the molecule is CN=C(NCCCn1cccn1)NCCn1c(C)nc2ccccc21. The molecule has 132 valence electrons. The highest BCUT2D eigenvalue weighted by molar-refractivity contribution is 5.79. The predicted molar refractivity (Wildman–Crippen MR) is 101 cm³/mol. The molecule has 0 amide bonds. The second-order valence-electron chi connectivity index (χ2n) is 5.85. The molecule has 0 saturated carbocycles. The largest absolute Gasteiger partial charge is 0.356 e. The Bertz CT molecular complexity index is 817. The van der Waals surface area contributed by atoms with Gasteiger partial charge in [0.1, 0.15) is 5.82 Å². The van der Waals surface area contributed by atoms with Crippen LogP contribution in [0.25, 0.3) is 11.0 Å². The zero-order valence-electron chi connectivity index (χ0n) is 14.8. The topological polar surface area (TPSA) is 72.1 Å². The first-order chi connectivity index (χ1) is 12.3. The summed E-state index contributed by atoms with van der Waals surface area (Å²) in [4.78, 5) is 8.87. The molecule has 0 bridgehead atoms. The Hall–Kier alpha value is -2.83. The van der Waals surface area contributed by atoms with Crippen LogP contribution in [0.4, 0.5) is 0 Å². The van der Waals surface area contributed by atoms with Gasteiger partial charge in [-0.25, -0.2) is 4.98 Å². The molecule has 7 heteroatoms. The van der Waals surface area contributed by atoms with Crippen LogP contribution in [0, 0.1) is 6.92 Å². The Morgan fingerprint density at radius 2 is 1.96 bits per heavy atom.